The number of nitrogens with one attached hydrogen (secondary N) is 1. The SMILES string of the molecule is CC(C)(C)NCc1cnnn1-c1cc(Br)ccc1Cl. The van der Waals surface area contributed by atoms with Gasteiger partial charge in [0.25, 0.3) is 0 Å². The van der Waals surface area contributed by atoms with Gasteiger partial charge in [-0.05, 0) is 39.0 Å². The number of rotatable bonds is 3. The van der Waals surface area contributed by atoms with Crippen LogP contribution >= 0.6 is 27.5 Å². The number of halogens is 2. The van der Waals surface area contributed by atoms with Crippen LogP contribution in [0, 0.1) is 0 Å². The van der Waals surface area contributed by atoms with Crippen molar-refractivity contribution in [1.82, 2.24) is 20.3 Å². The highest BCUT2D eigenvalue weighted by Gasteiger charge is 2.13. The van der Waals surface area contributed by atoms with Gasteiger partial charge in [0.1, 0.15) is 0 Å². The molecule has 0 radical (unpaired) electrons. The maximum absolute atomic E-state index is 6.22. The molecule has 4 nitrogen and oxygen atoms in total. The molecule has 0 saturated heterocycles. The first-order chi connectivity index (χ1) is 8.87. The average molecular weight is 344 g/mol. The molecule has 1 aromatic carbocycles. The van der Waals surface area contributed by atoms with Gasteiger partial charge in [-0.2, -0.15) is 0 Å². The second kappa shape index (κ2) is 5.61. The van der Waals surface area contributed by atoms with Crippen molar-refractivity contribution in [2.75, 3.05) is 0 Å². The van der Waals surface area contributed by atoms with Gasteiger partial charge in [-0.15, -0.1) is 5.10 Å². The van der Waals surface area contributed by atoms with Gasteiger partial charge in [0.2, 0.25) is 0 Å². The van der Waals surface area contributed by atoms with Crippen LogP contribution in [0.4, 0.5) is 0 Å². The molecule has 1 N–H and O–H groups in total. The predicted molar refractivity (Wildman–Crippen MR) is 80.7 cm³/mol. The van der Waals surface area contributed by atoms with Gasteiger partial charge in [-0.25, -0.2) is 4.68 Å². The lowest BCUT2D eigenvalue weighted by atomic mass is 10.1. The van der Waals surface area contributed by atoms with E-state index < -0.39 is 0 Å². The lowest BCUT2D eigenvalue weighted by molar-refractivity contribution is 0.418. The van der Waals surface area contributed by atoms with E-state index in [0.717, 1.165) is 15.9 Å². The number of benzene rings is 1. The van der Waals surface area contributed by atoms with Crippen LogP contribution in [0.1, 0.15) is 26.5 Å². The zero-order chi connectivity index (χ0) is 14.0. The molecule has 102 valence electrons. The van der Waals surface area contributed by atoms with Crippen LogP contribution in [0.2, 0.25) is 5.02 Å². The van der Waals surface area contributed by atoms with E-state index in [1.165, 1.54) is 0 Å². The Morgan fingerprint density at radius 3 is 2.79 bits per heavy atom. The molecule has 0 atom stereocenters. The van der Waals surface area contributed by atoms with E-state index in [2.05, 4.69) is 52.3 Å². The van der Waals surface area contributed by atoms with Gasteiger partial charge in [-0.1, -0.05) is 32.7 Å². The Bertz CT molecular complexity index is 574. The van der Waals surface area contributed by atoms with Crippen molar-refractivity contribution in [3.05, 3.63) is 39.6 Å². The highest BCUT2D eigenvalue weighted by Crippen LogP contribution is 2.24. The van der Waals surface area contributed by atoms with E-state index in [0.29, 0.717) is 11.6 Å². The zero-order valence-corrected chi connectivity index (χ0v) is 13.5. The second-order valence-electron chi connectivity index (χ2n) is 5.34. The molecule has 1 heterocycles. The van der Waals surface area contributed by atoms with Crippen molar-refractivity contribution >= 4 is 27.5 Å². The zero-order valence-electron chi connectivity index (χ0n) is 11.1. The molecule has 0 spiro atoms. The summed E-state index contributed by atoms with van der Waals surface area (Å²) >= 11 is 9.66. The fourth-order valence-corrected chi connectivity index (χ4v) is 2.13. The summed E-state index contributed by atoms with van der Waals surface area (Å²) in [7, 11) is 0. The quantitative estimate of drug-likeness (QED) is 0.926. The third-order valence-electron chi connectivity index (χ3n) is 2.56. The minimum absolute atomic E-state index is 0.0379. The lowest BCUT2D eigenvalue weighted by Crippen LogP contribution is -2.35. The number of nitrogens with zero attached hydrogens (tertiary/aromatic N) is 3. The van der Waals surface area contributed by atoms with Crippen molar-refractivity contribution in [2.45, 2.75) is 32.9 Å². The number of hydrogen-bond donors (Lipinski definition) is 1. The normalized spacial score (nSPS) is 11.8. The molecule has 0 fully saturated rings. The topological polar surface area (TPSA) is 42.7 Å². The first-order valence-electron chi connectivity index (χ1n) is 5.97. The summed E-state index contributed by atoms with van der Waals surface area (Å²) in [5.41, 5.74) is 1.82. The van der Waals surface area contributed by atoms with Crippen LogP contribution in [0.25, 0.3) is 5.69 Å². The largest absolute Gasteiger partial charge is 0.306 e. The first kappa shape index (κ1) is 14.5. The molecule has 0 aliphatic heterocycles. The van der Waals surface area contributed by atoms with Crippen LogP contribution in [-0.2, 0) is 6.54 Å². The van der Waals surface area contributed by atoms with Gasteiger partial charge in [-0.3, -0.25) is 0 Å². The van der Waals surface area contributed by atoms with E-state index >= 15 is 0 Å². The molecule has 1 aromatic heterocycles. The third kappa shape index (κ3) is 3.78. The van der Waals surface area contributed by atoms with Gasteiger partial charge >= 0.3 is 0 Å². The Kier molecular flexibility index (Phi) is 4.28. The van der Waals surface area contributed by atoms with Gasteiger partial charge in [0.15, 0.2) is 0 Å². The van der Waals surface area contributed by atoms with Gasteiger partial charge < -0.3 is 5.32 Å². The molecule has 2 rings (SSSR count). The summed E-state index contributed by atoms with van der Waals surface area (Å²) in [6.07, 6.45) is 1.75. The number of aromatic nitrogens is 3. The van der Waals surface area contributed by atoms with Crippen molar-refractivity contribution in [2.24, 2.45) is 0 Å². The number of hydrogen-bond acceptors (Lipinski definition) is 3. The van der Waals surface area contributed by atoms with E-state index in [1.54, 1.807) is 10.9 Å². The van der Waals surface area contributed by atoms with E-state index in [9.17, 15) is 0 Å². The maximum atomic E-state index is 6.22. The van der Waals surface area contributed by atoms with Crippen molar-refractivity contribution in [3.63, 3.8) is 0 Å². The molecule has 19 heavy (non-hydrogen) atoms. The fraction of sp³-hybridized carbons (Fsp3) is 0.385. The molecule has 0 unspecified atom stereocenters. The first-order valence-corrected chi connectivity index (χ1v) is 7.14. The van der Waals surface area contributed by atoms with Crippen molar-refractivity contribution in [1.29, 1.82) is 0 Å². The van der Waals surface area contributed by atoms with Crippen LogP contribution in [0.3, 0.4) is 0 Å². The van der Waals surface area contributed by atoms with Crippen molar-refractivity contribution < 1.29 is 0 Å². The van der Waals surface area contributed by atoms with Gasteiger partial charge in [0.05, 0.1) is 22.6 Å². The Balaban J connectivity index is 2.31. The molecule has 0 saturated carbocycles. The lowest BCUT2D eigenvalue weighted by Gasteiger charge is -2.20. The summed E-state index contributed by atoms with van der Waals surface area (Å²) in [4.78, 5) is 0. The highest BCUT2D eigenvalue weighted by molar-refractivity contribution is 9.10. The molecule has 0 amide bonds. The second-order valence-corrected chi connectivity index (χ2v) is 6.66. The summed E-state index contributed by atoms with van der Waals surface area (Å²) in [6, 6.07) is 5.66. The Morgan fingerprint density at radius 1 is 1.37 bits per heavy atom. The Morgan fingerprint density at radius 2 is 2.11 bits per heavy atom. The van der Waals surface area contributed by atoms with Gasteiger partial charge in [0, 0.05) is 16.6 Å². The summed E-state index contributed by atoms with van der Waals surface area (Å²) in [5, 5.41) is 12.1. The molecule has 0 bridgehead atoms. The Labute approximate surface area is 126 Å². The van der Waals surface area contributed by atoms with Crippen LogP contribution in [0.15, 0.2) is 28.9 Å². The van der Waals surface area contributed by atoms with Crippen LogP contribution in [0.5, 0.6) is 0 Å². The van der Waals surface area contributed by atoms with Crippen LogP contribution < -0.4 is 5.32 Å². The minimum atomic E-state index is 0.0379. The van der Waals surface area contributed by atoms with E-state index in [1.807, 2.05) is 18.2 Å². The molecule has 0 aliphatic rings. The monoisotopic (exact) mass is 342 g/mol. The van der Waals surface area contributed by atoms with E-state index in [-0.39, 0.29) is 5.54 Å². The summed E-state index contributed by atoms with van der Waals surface area (Å²) in [5.74, 6) is 0. The Hall–Kier alpha value is -0.910. The molecule has 0 aliphatic carbocycles. The maximum Gasteiger partial charge on any atom is 0.0864 e. The summed E-state index contributed by atoms with van der Waals surface area (Å²) in [6.45, 7) is 7.03. The van der Waals surface area contributed by atoms with Crippen molar-refractivity contribution in [3.8, 4) is 5.69 Å². The standard InChI is InChI=1S/C13H16BrClN4/c1-13(2,3)16-7-10-8-17-18-19(10)12-6-9(14)4-5-11(12)15/h4-6,8,16H,7H2,1-3H3. The van der Waals surface area contributed by atoms with Crippen LogP contribution in [-0.4, -0.2) is 20.5 Å². The average Bonchev–Trinajstić information content (AvgIpc) is 2.77. The smallest absolute Gasteiger partial charge is 0.0864 e. The van der Waals surface area contributed by atoms with E-state index in [4.69, 9.17) is 11.6 Å². The molecule has 2 aromatic rings. The fourth-order valence-electron chi connectivity index (χ4n) is 1.58. The molecular weight excluding hydrogens is 328 g/mol. The minimum Gasteiger partial charge on any atom is -0.306 e. The third-order valence-corrected chi connectivity index (χ3v) is 3.37. The highest BCUT2D eigenvalue weighted by atomic mass is 79.9. The predicted octanol–water partition coefficient (Wildman–Crippen LogP) is 3.57. The summed E-state index contributed by atoms with van der Waals surface area (Å²) < 4.78 is 2.71. The molecular formula is C13H16BrClN4. The molecule has 6 heteroatoms.